The number of hydrazine groups is 1. The summed E-state index contributed by atoms with van der Waals surface area (Å²) in [6, 6.07) is 8.37. The van der Waals surface area contributed by atoms with Crippen LogP contribution in [-0.4, -0.2) is 9.78 Å². The summed E-state index contributed by atoms with van der Waals surface area (Å²) in [5.41, 5.74) is 6.08. The lowest BCUT2D eigenvalue weighted by molar-refractivity contribution is 0.467. The normalized spacial score (nSPS) is 14.1. The number of aromatic nitrogens is 2. The van der Waals surface area contributed by atoms with Gasteiger partial charge in [0.1, 0.15) is 0 Å². The molecule has 1 aromatic carbocycles. The molecule has 5 heteroatoms. The summed E-state index contributed by atoms with van der Waals surface area (Å²) in [4.78, 5) is 0. The fourth-order valence-corrected chi connectivity index (χ4v) is 2.57. The maximum absolute atomic E-state index is 6.19. The van der Waals surface area contributed by atoms with Crippen molar-refractivity contribution in [1.29, 1.82) is 0 Å². The van der Waals surface area contributed by atoms with E-state index in [9.17, 15) is 0 Å². The average Bonchev–Trinajstić information content (AvgIpc) is 2.95. The van der Waals surface area contributed by atoms with Gasteiger partial charge in [-0.25, -0.2) is 0 Å². The third-order valence-corrected chi connectivity index (χ3v) is 4.41. The first-order valence-electron chi connectivity index (χ1n) is 7.32. The molecule has 21 heavy (non-hydrogen) atoms. The molecule has 0 aliphatic carbocycles. The highest BCUT2D eigenvalue weighted by molar-refractivity contribution is 6.31. The minimum Gasteiger partial charge on any atom is -0.271 e. The third-order valence-electron chi connectivity index (χ3n) is 4.01. The Balaban J connectivity index is 2.19. The molecule has 4 nitrogen and oxygen atoms in total. The maximum Gasteiger partial charge on any atom is 0.0644 e. The van der Waals surface area contributed by atoms with Crippen molar-refractivity contribution >= 4 is 11.6 Å². The Morgan fingerprint density at radius 2 is 2.14 bits per heavy atom. The van der Waals surface area contributed by atoms with Gasteiger partial charge in [0.05, 0.1) is 11.7 Å². The van der Waals surface area contributed by atoms with Crippen LogP contribution in [0.3, 0.4) is 0 Å². The van der Waals surface area contributed by atoms with Crippen LogP contribution in [0, 0.1) is 6.92 Å². The zero-order chi connectivity index (χ0) is 15.4. The highest BCUT2D eigenvalue weighted by atomic mass is 35.5. The lowest BCUT2D eigenvalue weighted by Crippen LogP contribution is -2.30. The summed E-state index contributed by atoms with van der Waals surface area (Å²) in [6.07, 6.45) is 3.83. The number of halogens is 1. The van der Waals surface area contributed by atoms with Crippen LogP contribution in [0.2, 0.25) is 5.02 Å². The van der Waals surface area contributed by atoms with Crippen LogP contribution in [0.4, 0.5) is 0 Å². The van der Waals surface area contributed by atoms with Gasteiger partial charge in [0.25, 0.3) is 0 Å². The van der Waals surface area contributed by atoms with E-state index < -0.39 is 0 Å². The van der Waals surface area contributed by atoms with E-state index in [1.165, 1.54) is 0 Å². The highest BCUT2D eigenvalue weighted by Gasteiger charge is 2.16. The molecule has 0 aliphatic heterocycles. The number of nitrogens with zero attached hydrogens (tertiary/aromatic N) is 2. The van der Waals surface area contributed by atoms with Gasteiger partial charge >= 0.3 is 0 Å². The first kappa shape index (κ1) is 16.0. The standard InChI is InChI=1S/C16H23ClN4/c1-4-11(2)21-9-8-13(20-21)10-16(19-18)14-6-5-7-15(17)12(14)3/h5-9,11,16,19H,4,10,18H2,1-3H3. The zero-order valence-electron chi connectivity index (χ0n) is 12.8. The van der Waals surface area contributed by atoms with E-state index in [1.807, 2.05) is 29.9 Å². The van der Waals surface area contributed by atoms with Crippen LogP contribution < -0.4 is 11.3 Å². The van der Waals surface area contributed by atoms with Crippen molar-refractivity contribution in [3.8, 4) is 0 Å². The SMILES string of the molecule is CCC(C)n1ccc(CC(NN)c2cccc(Cl)c2C)n1. The van der Waals surface area contributed by atoms with Crippen LogP contribution in [0.5, 0.6) is 0 Å². The smallest absolute Gasteiger partial charge is 0.0644 e. The maximum atomic E-state index is 6.19. The molecule has 0 fully saturated rings. The summed E-state index contributed by atoms with van der Waals surface area (Å²) >= 11 is 6.19. The predicted molar refractivity (Wildman–Crippen MR) is 87.2 cm³/mol. The van der Waals surface area contributed by atoms with Gasteiger partial charge in [0, 0.05) is 23.7 Å². The lowest BCUT2D eigenvalue weighted by Gasteiger charge is -2.18. The Kier molecular flexibility index (Phi) is 5.39. The van der Waals surface area contributed by atoms with Gasteiger partial charge in [0.2, 0.25) is 0 Å². The molecule has 1 heterocycles. The van der Waals surface area contributed by atoms with Crippen LogP contribution in [-0.2, 0) is 6.42 Å². The van der Waals surface area contributed by atoms with Crippen LogP contribution in [0.1, 0.15) is 49.2 Å². The topological polar surface area (TPSA) is 55.9 Å². The molecule has 0 radical (unpaired) electrons. The van der Waals surface area contributed by atoms with Gasteiger partial charge in [-0.3, -0.25) is 16.0 Å². The summed E-state index contributed by atoms with van der Waals surface area (Å²) < 4.78 is 2.01. The van der Waals surface area contributed by atoms with Crippen LogP contribution >= 0.6 is 11.6 Å². The molecule has 0 aliphatic rings. The fourth-order valence-electron chi connectivity index (χ4n) is 2.39. The Hall–Kier alpha value is -1.36. The molecule has 0 saturated heterocycles. The molecule has 0 spiro atoms. The van der Waals surface area contributed by atoms with Crippen molar-refractivity contribution in [3.63, 3.8) is 0 Å². The summed E-state index contributed by atoms with van der Waals surface area (Å²) in [7, 11) is 0. The molecule has 2 unspecified atom stereocenters. The van der Waals surface area contributed by atoms with Gasteiger partial charge in [-0.05, 0) is 43.5 Å². The fraction of sp³-hybridized carbons (Fsp3) is 0.438. The molecule has 2 aromatic rings. The van der Waals surface area contributed by atoms with E-state index in [2.05, 4.69) is 36.5 Å². The molecular formula is C16H23ClN4. The number of nitrogens with one attached hydrogen (secondary N) is 1. The largest absolute Gasteiger partial charge is 0.271 e. The first-order chi connectivity index (χ1) is 10.1. The van der Waals surface area contributed by atoms with E-state index in [4.69, 9.17) is 17.4 Å². The van der Waals surface area contributed by atoms with Crippen LogP contribution in [0.25, 0.3) is 0 Å². The molecule has 3 N–H and O–H groups in total. The third kappa shape index (κ3) is 3.64. The number of nitrogens with two attached hydrogens (primary N) is 1. The van der Waals surface area contributed by atoms with Gasteiger partial charge in [-0.15, -0.1) is 0 Å². The summed E-state index contributed by atoms with van der Waals surface area (Å²) in [5.74, 6) is 5.74. The van der Waals surface area contributed by atoms with Crippen molar-refractivity contribution in [1.82, 2.24) is 15.2 Å². The van der Waals surface area contributed by atoms with Crippen molar-refractivity contribution < 1.29 is 0 Å². The minimum atomic E-state index is 0.00369. The van der Waals surface area contributed by atoms with Gasteiger partial charge in [-0.2, -0.15) is 5.10 Å². The summed E-state index contributed by atoms with van der Waals surface area (Å²) in [6.45, 7) is 6.34. The second-order valence-electron chi connectivity index (χ2n) is 5.42. The molecule has 1 aromatic heterocycles. The van der Waals surface area contributed by atoms with Crippen molar-refractivity contribution in [2.45, 2.75) is 45.7 Å². The van der Waals surface area contributed by atoms with Crippen molar-refractivity contribution in [3.05, 3.63) is 52.3 Å². The second kappa shape index (κ2) is 7.07. The lowest BCUT2D eigenvalue weighted by atomic mass is 9.98. The average molecular weight is 307 g/mol. The zero-order valence-corrected chi connectivity index (χ0v) is 13.6. The number of hydrogen-bond donors (Lipinski definition) is 2. The molecule has 114 valence electrons. The molecule has 0 bridgehead atoms. The first-order valence-corrected chi connectivity index (χ1v) is 7.69. The Morgan fingerprint density at radius 3 is 2.81 bits per heavy atom. The van der Waals surface area contributed by atoms with E-state index in [0.717, 1.165) is 34.7 Å². The molecule has 2 atom stereocenters. The number of rotatable bonds is 6. The molecule has 0 amide bonds. The molecule has 0 saturated carbocycles. The highest BCUT2D eigenvalue weighted by Crippen LogP contribution is 2.26. The van der Waals surface area contributed by atoms with E-state index >= 15 is 0 Å². The summed E-state index contributed by atoms with van der Waals surface area (Å²) in [5, 5.41) is 5.40. The van der Waals surface area contributed by atoms with E-state index in [1.54, 1.807) is 0 Å². The van der Waals surface area contributed by atoms with Crippen molar-refractivity contribution in [2.24, 2.45) is 5.84 Å². The van der Waals surface area contributed by atoms with Gasteiger partial charge in [0.15, 0.2) is 0 Å². The van der Waals surface area contributed by atoms with Gasteiger partial charge in [-0.1, -0.05) is 30.7 Å². The Bertz CT molecular complexity index is 594. The minimum absolute atomic E-state index is 0.00369. The Labute approximate surface area is 131 Å². The quantitative estimate of drug-likeness (QED) is 0.634. The predicted octanol–water partition coefficient (Wildman–Crippen LogP) is 3.56. The van der Waals surface area contributed by atoms with E-state index in [0.29, 0.717) is 6.04 Å². The number of benzene rings is 1. The second-order valence-corrected chi connectivity index (χ2v) is 5.83. The van der Waals surface area contributed by atoms with Gasteiger partial charge < -0.3 is 0 Å². The van der Waals surface area contributed by atoms with Crippen molar-refractivity contribution in [2.75, 3.05) is 0 Å². The Morgan fingerprint density at radius 1 is 1.38 bits per heavy atom. The number of hydrogen-bond acceptors (Lipinski definition) is 3. The molecule has 2 rings (SSSR count). The monoisotopic (exact) mass is 306 g/mol. The van der Waals surface area contributed by atoms with E-state index in [-0.39, 0.29) is 6.04 Å². The van der Waals surface area contributed by atoms with Crippen LogP contribution in [0.15, 0.2) is 30.5 Å². The molecular weight excluding hydrogens is 284 g/mol.